The number of rotatable bonds is 7. The van der Waals surface area contributed by atoms with Crippen LogP contribution in [0.1, 0.15) is 22.3 Å². The van der Waals surface area contributed by atoms with Crippen molar-refractivity contribution in [2.75, 3.05) is 43.7 Å². The van der Waals surface area contributed by atoms with Gasteiger partial charge in [-0.05, 0) is 31.0 Å². The molecule has 1 aliphatic rings. The van der Waals surface area contributed by atoms with Crippen LogP contribution in [0.5, 0.6) is 5.75 Å². The van der Waals surface area contributed by atoms with Crippen molar-refractivity contribution in [1.82, 2.24) is 4.90 Å². The highest BCUT2D eigenvalue weighted by Crippen LogP contribution is 2.31. The van der Waals surface area contributed by atoms with E-state index in [0.29, 0.717) is 37.2 Å². The molecule has 0 radical (unpaired) electrons. The fourth-order valence-corrected chi connectivity index (χ4v) is 3.29. The summed E-state index contributed by atoms with van der Waals surface area (Å²) in [5.74, 6) is -2.07. The summed E-state index contributed by atoms with van der Waals surface area (Å²) >= 11 is 0. The van der Waals surface area contributed by atoms with Gasteiger partial charge >= 0.3 is 6.18 Å². The van der Waals surface area contributed by atoms with Crippen LogP contribution in [0.25, 0.3) is 0 Å². The molecule has 2 amide bonds. The standard InChI is InChI=1S/C23H24F4N4O4/c1-15-6-3-4-7-18(15)28-22(33)16-10-17(24)19(11-20(16)35-13-23(25,26)27)30(2)29-21-12-34-9-5-8-31(21)14-32/h3-4,6-7,10-11,14H,5,8-9,12-13H2,1-2H3,(H,28,33)/b29-21-. The van der Waals surface area contributed by atoms with Crippen LogP contribution in [-0.4, -0.2) is 62.6 Å². The number of hydrazone groups is 1. The molecule has 188 valence electrons. The summed E-state index contributed by atoms with van der Waals surface area (Å²) < 4.78 is 63.9. The number of anilines is 2. The van der Waals surface area contributed by atoms with Crippen molar-refractivity contribution in [2.24, 2.45) is 5.10 Å². The lowest BCUT2D eigenvalue weighted by Crippen LogP contribution is -2.34. The maximum absolute atomic E-state index is 15.1. The Morgan fingerprint density at radius 3 is 2.74 bits per heavy atom. The quantitative estimate of drug-likeness (QED) is 0.357. The zero-order valence-corrected chi connectivity index (χ0v) is 19.1. The molecule has 0 spiro atoms. The highest BCUT2D eigenvalue weighted by molar-refractivity contribution is 6.07. The van der Waals surface area contributed by atoms with Crippen molar-refractivity contribution in [3.8, 4) is 5.75 Å². The fraction of sp³-hybridized carbons (Fsp3) is 0.348. The topological polar surface area (TPSA) is 83.5 Å². The van der Waals surface area contributed by atoms with Gasteiger partial charge in [0.1, 0.15) is 18.2 Å². The monoisotopic (exact) mass is 496 g/mol. The van der Waals surface area contributed by atoms with E-state index in [0.717, 1.165) is 17.1 Å². The normalized spacial score (nSPS) is 15.5. The summed E-state index contributed by atoms with van der Waals surface area (Å²) in [5.41, 5.74) is 0.426. The summed E-state index contributed by atoms with van der Waals surface area (Å²) in [5, 5.41) is 7.78. The third-order valence-corrected chi connectivity index (χ3v) is 5.07. The van der Waals surface area contributed by atoms with Crippen LogP contribution in [0.4, 0.5) is 28.9 Å². The molecule has 35 heavy (non-hydrogen) atoms. The number of amides is 2. The molecule has 2 aromatic rings. The molecule has 0 aromatic heterocycles. The molecular formula is C23H24F4N4O4. The number of nitrogens with zero attached hydrogens (tertiary/aromatic N) is 3. The van der Waals surface area contributed by atoms with Gasteiger partial charge in [-0.1, -0.05) is 18.2 Å². The molecule has 0 atom stereocenters. The minimum atomic E-state index is -4.69. The van der Waals surface area contributed by atoms with E-state index in [9.17, 15) is 22.8 Å². The number of halogens is 4. The molecule has 1 heterocycles. The van der Waals surface area contributed by atoms with Gasteiger partial charge < -0.3 is 14.8 Å². The van der Waals surface area contributed by atoms with Gasteiger partial charge in [-0.2, -0.15) is 18.3 Å². The number of benzene rings is 2. The van der Waals surface area contributed by atoms with E-state index < -0.39 is 35.8 Å². The Bertz CT molecular complexity index is 1110. The number of amidine groups is 1. The minimum Gasteiger partial charge on any atom is -0.483 e. The fourth-order valence-electron chi connectivity index (χ4n) is 3.29. The Morgan fingerprint density at radius 2 is 2.06 bits per heavy atom. The van der Waals surface area contributed by atoms with E-state index in [1.807, 2.05) is 0 Å². The Morgan fingerprint density at radius 1 is 1.31 bits per heavy atom. The second-order valence-electron chi connectivity index (χ2n) is 7.72. The van der Waals surface area contributed by atoms with E-state index in [-0.39, 0.29) is 18.1 Å². The average Bonchev–Trinajstić information content (AvgIpc) is 3.03. The Labute approximate surface area is 199 Å². The predicted molar refractivity (Wildman–Crippen MR) is 121 cm³/mol. The molecular weight excluding hydrogens is 472 g/mol. The molecule has 1 fully saturated rings. The van der Waals surface area contributed by atoms with Crippen LogP contribution in [0.3, 0.4) is 0 Å². The van der Waals surface area contributed by atoms with Crippen LogP contribution in [0, 0.1) is 12.7 Å². The molecule has 8 nitrogen and oxygen atoms in total. The molecule has 1 aliphatic heterocycles. The van der Waals surface area contributed by atoms with Gasteiger partial charge in [-0.25, -0.2) is 4.39 Å². The first-order chi connectivity index (χ1) is 16.6. The van der Waals surface area contributed by atoms with Gasteiger partial charge in [0.2, 0.25) is 6.41 Å². The minimum absolute atomic E-state index is 0.0148. The summed E-state index contributed by atoms with van der Waals surface area (Å²) in [6, 6.07) is 8.49. The molecule has 3 rings (SSSR count). The van der Waals surface area contributed by atoms with Crippen molar-refractivity contribution in [3.63, 3.8) is 0 Å². The predicted octanol–water partition coefficient (Wildman–Crippen LogP) is 3.96. The zero-order valence-electron chi connectivity index (χ0n) is 19.1. The molecule has 0 saturated carbocycles. The Hall–Kier alpha value is -3.67. The lowest BCUT2D eigenvalue weighted by atomic mass is 10.1. The number of ether oxygens (including phenoxy) is 2. The average molecular weight is 496 g/mol. The van der Waals surface area contributed by atoms with E-state index in [1.54, 1.807) is 31.2 Å². The van der Waals surface area contributed by atoms with Gasteiger partial charge in [-0.15, -0.1) is 0 Å². The zero-order chi connectivity index (χ0) is 25.6. The number of alkyl halides is 3. The SMILES string of the molecule is Cc1ccccc1NC(=O)c1cc(F)c(N(C)/N=C2/COCCCN2C=O)cc1OCC(F)(F)F. The second-order valence-corrected chi connectivity index (χ2v) is 7.72. The first kappa shape index (κ1) is 25.9. The summed E-state index contributed by atoms with van der Waals surface area (Å²) in [4.78, 5) is 25.5. The second kappa shape index (κ2) is 11.2. The van der Waals surface area contributed by atoms with Gasteiger partial charge in [0, 0.05) is 32.0 Å². The van der Waals surface area contributed by atoms with Gasteiger partial charge in [-0.3, -0.25) is 19.5 Å². The first-order valence-corrected chi connectivity index (χ1v) is 10.6. The van der Waals surface area contributed by atoms with Gasteiger partial charge in [0.15, 0.2) is 12.4 Å². The number of para-hydroxylation sites is 1. The highest BCUT2D eigenvalue weighted by atomic mass is 19.4. The molecule has 0 aliphatic carbocycles. The van der Waals surface area contributed by atoms with Crippen molar-refractivity contribution < 1.29 is 36.6 Å². The van der Waals surface area contributed by atoms with Crippen molar-refractivity contribution >= 4 is 29.5 Å². The third-order valence-electron chi connectivity index (χ3n) is 5.07. The number of nitrogens with one attached hydrogen (secondary N) is 1. The van der Waals surface area contributed by atoms with E-state index >= 15 is 4.39 Å². The van der Waals surface area contributed by atoms with Gasteiger partial charge in [0.25, 0.3) is 5.91 Å². The number of hydrogen-bond acceptors (Lipinski definition) is 6. The van der Waals surface area contributed by atoms with Crippen LogP contribution in [0.15, 0.2) is 41.5 Å². The van der Waals surface area contributed by atoms with Crippen LogP contribution >= 0.6 is 0 Å². The van der Waals surface area contributed by atoms with Crippen molar-refractivity contribution in [1.29, 1.82) is 0 Å². The van der Waals surface area contributed by atoms with Crippen LogP contribution in [0.2, 0.25) is 0 Å². The Kier molecular flexibility index (Phi) is 8.28. The van der Waals surface area contributed by atoms with E-state index in [1.165, 1.54) is 11.9 Å². The molecule has 12 heteroatoms. The van der Waals surface area contributed by atoms with Crippen molar-refractivity contribution in [3.05, 3.63) is 53.3 Å². The van der Waals surface area contributed by atoms with E-state index in [4.69, 9.17) is 9.47 Å². The maximum Gasteiger partial charge on any atom is 0.422 e. The van der Waals surface area contributed by atoms with E-state index in [2.05, 4.69) is 10.4 Å². The van der Waals surface area contributed by atoms with Crippen molar-refractivity contribution in [2.45, 2.75) is 19.5 Å². The summed E-state index contributed by atoms with van der Waals surface area (Å²) in [7, 11) is 1.35. The number of aryl methyl sites for hydroxylation is 1. The highest BCUT2D eigenvalue weighted by Gasteiger charge is 2.30. The smallest absolute Gasteiger partial charge is 0.422 e. The molecule has 1 saturated heterocycles. The lowest BCUT2D eigenvalue weighted by molar-refractivity contribution is -0.153. The largest absolute Gasteiger partial charge is 0.483 e. The van der Waals surface area contributed by atoms with Crippen LogP contribution in [-0.2, 0) is 9.53 Å². The first-order valence-electron chi connectivity index (χ1n) is 10.6. The van der Waals surface area contributed by atoms with Gasteiger partial charge in [0.05, 0.1) is 11.3 Å². The van der Waals surface area contributed by atoms with Crippen LogP contribution < -0.4 is 15.1 Å². The summed E-state index contributed by atoms with van der Waals surface area (Å²) in [6.45, 7) is 0.777. The third kappa shape index (κ3) is 6.92. The lowest BCUT2D eigenvalue weighted by Gasteiger charge is -2.22. The Balaban J connectivity index is 1.97. The number of carbonyl (C=O) groups is 2. The molecule has 1 N–H and O–H groups in total. The maximum atomic E-state index is 15.1. The molecule has 0 unspecified atom stereocenters. The number of hydrogen-bond donors (Lipinski definition) is 1. The molecule has 0 bridgehead atoms. The molecule has 2 aromatic carbocycles. The number of carbonyl (C=O) groups excluding carboxylic acids is 2. The summed E-state index contributed by atoms with van der Waals surface area (Å²) in [6.07, 6.45) is -3.54.